The summed E-state index contributed by atoms with van der Waals surface area (Å²) < 4.78 is 8.17. The van der Waals surface area contributed by atoms with Gasteiger partial charge in [0.25, 0.3) is 0 Å². The van der Waals surface area contributed by atoms with Gasteiger partial charge in [-0.1, -0.05) is 48.9 Å². The molecule has 1 aliphatic carbocycles. The predicted molar refractivity (Wildman–Crippen MR) is 114 cm³/mol. The normalized spacial score (nSPS) is 17.4. The maximum Gasteiger partial charge on any atom is 0.171 e. The molecule has 0 saturated carbocycles. The number of allylic oxidation sites excluding steroid dienone is 4. The highest BCUT2D eigenvalue weighted by molar-refractivity contribution is 6.33. The molecule has 1 unspecified atom stereocenters. The van der Waals surface area contributed by atoms with Crippen molar-refractivity contribution < 1.29 is 4.74 Å². The van der Waals surface area contributed by atoms with E-state index in [2.05, 4.69) is 56.6 Å². The molecule has 2 aliphatic rings. The van der Waals surface area contributed by atoms with E-state index in [1.165, 1.54) is 0 Å². The van der Waals surface area contributed by atoms with Crippen LogP contribution in [0.25, 0.3) is 0 Å². The monoisotopic (exact) mass is 407 g/mol. The number of fused-ring (bicyclic) bond motifs is 2. The molecule has 1 aromatic carbocycles. The lowest BCUT2D eigenvalue weighted by atomic mass is 9.97. The highest BCUT2D eigenvalue weighted by atomic mass is 35.5. The van der Waals surface area contributed by atoms with Gasteiger partial charge in [0.05, 0.1) is 23.6 Å². The summed E-state index contributed by atoms with van der Waals surface area (Å²) in [6.07, 6.45) is 10.4. The van der Waals surface area contributed by atoms with Crippen LogP contribution in [-0.2, 0) is 19.6 Å². The second-order valence-electron chi connectivity index (χ2n) is 7.33. The second-order valence-corrected chi connectivity index (χ2v) is 7.71. The fourth-order valence-electron chi connectivity index (χ4n) is 3.74. The Hall–Kier alpha value is -2.99. The molecule has 148 valence electrons. The average Bonchev–Trinajstić information content (AvgIpc) is 3.27. The summed E-state index contributed by atoms with van der Waals surface area (Å²) in [6.45, 7) is 3.23. The Morgan fingerprint density at radius 3 is 3.03 bits per heavy atom. The fraction of sp³-hybridized carbons (Fsp3) is 0.273. The minimum Gasteiger partial charge on any atom is -0.487 e. The summed E-state index contributed by atoms with van der Waals surface area (Å²) >= 11 is 6.36. The van der Waals surface area contributed by atoms with E-state index in [0.717, 1.165) is 46.9 Å². The largest absolute Gasteiger partial charge is 0.487 e. The van der Waals surface area contributed by atoms with Crippen LogP contribution in [0.4, 0.5) is 11.5 Å². The zero-order chi connectivity index (χ0) is 19.8. The summed E-state index contributed by atoms with van der Waals surface area (Å²) in [5.41, 5.74) is 5.11. The Morgan fingerprint density at radius 1 is 1.31 bits per heavy atom. The van der Waals surface area contributed by atoms with Gasteiger partial charge >= 0.3 is 0 Å². The van der Waals surface area contributed by atoms with Gasteiger partial charge in [0.2, 0.25) is 0 Å². The van der Waals surface area contributed by atoms with Crippen molar-refractivity contribution in [1.29, 1.82) is 0 Å². The van der Waals surface area contributed by atoms with E-state index in [1.807, 2.05) is 19.1 Å². The molecule has 0 saturated heterocycles. The molecule has 29 heavy (non-hydrogen) atoms. The van der Waals surface area contributed by atoms with Gasteiger partial charge in [0.15, 0.2) is 5.82 Å². The third-order valence-electron chi connectivity index (χ3n) is 5.40. The molecule has 0 amide bonds. The Bertz CT molecular complexity index is 1110. The molecule has 0 spiro atoms. The van der Waals surface area contributed by atoms with E-state index in [0.29, 0.717) is 29.9 Å². The van der Waals surface area contributed by atoms with Crippen LogP contribution < -0.4 is 10.1 Å². The van der Waals surface area contributed by atoms with Gasteiger partial charge in [-0.2, -0.15) is 10.2 Å². The van der Waals surface area contributed by atoms with Crippen molar-refractivity contribution in [2.45, 2.75) is 38.8 Å². The van der Waals surface area contributed by atoms with Crippen molar-refractivity contribution in [2.24, 2.45) is 0 Å². The molecule has 1 atom stereocenters. The molecule has 1 aliphatic heterocycles. The topological polar surface area (TPSA) is 67.8 Å². The first-order valence-electron chi connectivity index (χ1n) is 9.86. The van der Waals surface area contributed by atoms with E-state index in [9.17, 15) is 0 Å². The zero-order valence-electron chi connectivity index (χ0n) is 16.2. The van der Waals surface area contributed by atoms with E-state index < -0.39 is 0 Å². The molecular weight excluding hydrogens is 386 g/mol. The van der Waals surface area contributed by atoms with E-state index in [4.69, 9.17) is 21.4 Å². The summed E-state index contributed by atoms with van der Waals surface area (Å²) in [7, 11) is 0. The number of aryl methyl sites for hydroxylation is 1. The fourth-order valence-corrected chi connectivity index (χ4v) is 4.01. The van der Waals surface area contributed by atoms with Crippen LogP contribution in [0.1, 0.15) is 41.9 Å². The number of aromatic amines is 1. The van der Waals surface area contributed by atoms with Crippen molar-refractivity contribution >= 4 is 23.1 Å². The molecule has 3 aromatic rings. The molecule has 5 rings (SSSR count). The third kappa shape index (κ3) is 3.44. The number of rotatable bonds is 4. The molecule has 3 heterocycles. The number of benzene rings is 1. The maximum atomic E-state index is 6.36. The van der Waals surface area contributed by atoms with Gasteiger partial charge < -0.3 is 10.1 Å². The van der Waals surface area contributed by atoms with Crippen LogP contribution in [0.2, 0.25) is 5.02 Å². The van der Waals surface area contributed by atoms with Gasteiger partial charge in [-0.05, 0) is 25.0 Å². The summed E-state index contributed by atoms with van der Waals surface area (Å²) in [6, 6.07) is 8.24. The Labute approximate surface area is 174 Å². The summed E-state index contributed by atoms with van der Waals surface area (Å²) in [5.74, 6) is 1.83. The van der Waals surface area contributed by atoms with Gasteiger partial charge in [0.1, 0.15) is 17.4 Å². The highest BCUT2D eigenvalue weighted by Crippen LogP contribution is 2.33. The number of H-pyrrole nitrogens is 1. The van der Waals surface area contributed by atoms with Crippen LogP contribution in [0.3, 0.4) is 0 Å². The highest BCUT2D eigenvalue weighted by Gasteiger charge is 2.20. The van der Waals surface area contributed by atoms with Crippen molar-refractivity contribution in [1.82, 2.24) is 20.0 Å². The predicted octanol–water partition coefficient (Wildman–Crippen LogP) is 5.11. The lowest BCUT2D eigenvalue weighted by molar-refractivity contribution is 0.302. The number of hydrogen-bond donors (Lipinski definition) is 2. The molecule has 2 aromatic heterocycles. The number of halogens is 1. The first-order chi connectivity index (χ1) is 14.2. The number of nitrogens with zero attached hydrogens (tertiary/aromatic N) is 3. The first-order valence-corrected chi connectivity index (χ1v) is 10.2. The van der Waals surface area contributed by atoms with Crippen molar-refractivity contribution in [3.05, 3.63) is 76.2 Å². The standard InChI is InChI=1S/C22H22ClN5O/c1-2-18-21(23)22(26-25-18)24-16-9-8-15-12-28-17(13-29-20(15)10-16)11-19(27-28)14-6-4-3-5-7-14/h3-6,8-11,14H,2,7,12-13H2,1H3,(H2,24,25,26). The summed E-state index contributed by atoms with van der Waals surface area (Å²) in [4.78, 5) is 0. The second kappa shape index (κ2) is 7.44. The summed E-state index contributed by atoms with van der Waals surface area (Å²) in [5, 5.41) is 16.0. The molecule has 0 fully saturated rings. The molecule has 0 radical (unpaired) electrons. The van der Waals surface area contributed by atoms with Gasteiger partial charge in [-0.3, -0.25) is 9.78 Å². The van der Waals surface area contributed by atoms with E-state index in [1.54, 1.807) is 0 Å². The van der Waals surface area contributed by atoms with E-state index >= 15 is 0 Å². The van der Waals surface area contributed by atoms with Gasteiger partial charge in [-0.15, -0.1) is 0 Å². The molecule has 6 nitrogen and oxygen atoms in total. The maximum absolute atomic E-state index is 6.36. The zero-order valence-corrected chi connectivity index (χ0v) is 16.9. The molecular formula is C22H22ClN5O. The number of hydrogen-bond acceptors (Lipinski definition) is 4. The smallest absolute Gasteiger partial charge is 0.171 e. The molecule has 0 bridgehead atoms. The Morgan fingerprint density at radius 2 is 2.24 bits per heavy atom. The van der Waals surface area contributed by atoms with Gasteiger partial charge in [0, 0.05) is 23.2 Å². The number of nitrogens with one attached hydrogen (secondary N) is 2. The Kier molecular flexibility index (Phi) is 4.64. The minimum absolute atomic E-state index is 0.345. The van der Waals surface area contributed by atoms with Crippen LogP contribution in [-0.4, -0.2) is 20.0 Å². The SMILES string of the molecule is CCc1[nH]nc(Nc2ccc3c(c2)OCc2cc(C4C=CC=CC4)nn2C3)c1Cl. The van der Waals surface area contributed by atoms with Crippen LogP contribution in [0, 0.1) is 0 Å². The van der Waals surface area contributed by atoms with E-state index in [-0.39, 0.29) is 0 Å². The Balaban J connectivity index is 1.37. The average molecular weight is 408 g/mol. The molecule has 7 heteroatoms. The minimum atomic E-state index is 0.345. The molecule has 2 N–H and O–H groups in total. The van der Waals surface area contributed by atoms with Crippen molar-refractivity contribution in [3.8, 4) is 5.75 Å². The lowest BCUT2D eigenvalue weighted by Crippen LogP contribution is -2.05. The number of ether oxygens (including phenoxy) is 1. The van der Waals surface area contributed by atoms with Crippen molar-refractivity contribution in [3.63, 3.8) is 0 Å². The van der Waals surface area contributed by atoms with Gasteiger partial charge in [-0.25, -0.2) is 0 Å². The van der Waals surface area contributed by atoms with Crippen molar-refractivity contribution in [2.75, 3.05) is 5.32 Å². The van der Waals surface area contributed by atoms with Crippen LogP contribution in [0.5, 0.6) is 5.75 Å². The van der Waals surface area contributed by atoms with Crippen LogP contribution >= 0.6 is 11.6 Å². The lowest BCUT2D eigenvalue weighted by Gasteiger charge is -2.11. The number of aromatic nitrogens is 4. The third-order valence-corrected chi connectivity index (χ3v) is 5.80. The van der Waals surface area contributed by atoms with Crippen LogP contribution in [0.15, 0.2) is 48.6 Å². The number of anilines is 2. The first kappa shape index (κ1) is 18.1. The quantitative estimate of drug-likeness (QED) is 0.630.